The maximum absolute atomic E-state index is 11.3. The summed E-state index contributed by atoms with van der Waals surface area (Å²) in [6, 6.07) is 7.66. The highest BCUT2D eigenvalue weighted by Crippen LogP contribution is 2.16. The zero-order valence-electron chi connectivity index (χ0n) is 8.82. The number of hydrogen-bond acceptors (Lipinski definition) is 3. The van der Waals surface area contributed by atoms with E-state index in [4.69, 9.17) is 11.6 Å². The fraction of sp³-hybridized carbons (Fsp3) is 0.455. The third-order valence-corrected chi connectivity index (χ3v) is 4.91. The van der Waals surface area contributed by atoms with Gasteiger partial charge in [0.2, 0.25) is 0 Å². The molecule has 1 aromatic carbocycles. The predicted octanol–water partition coefficient (Wildman–Crippen LogP) is 1.62. The fourth-order valence-corrected chi connectivity index (χ4v) is 3.76. The maximum Gasteiger partial charge on any atom is 0.151 e. The van der Waals surface area contributed by atoms with Crippen molar-refractivity contribution in [2.45, 2.75) is 19.0 Å². The normalized spacial score (nSPS) is 23.4. The molecular weight excluding hydrogens is 246 g/mol. The lowest BCUT2D eigenvalue weighted by Crippen LogP contribution is -2.29. The van der Waals surface area contributed by atoms with Crippen LogP contribution >= 0.6 is 11.6 Å². The molecule has 3 nitrogen and oxygen atoms in total. The average Bonchev–Trinajstić information content (AvgIpc) is 2.57. The highest BCUT2D eigenvalue weighted by molar-refractivity contribution is 7.91. The van der Waals surface area contributed by atoms with Crippen molar-refractivity contribution in [1.29, 1.82) is 0 Å². The minimum absolute atomic E-state index is 0.0706. The Bertz CT molecular complexity index is 473. The Labute approximate surface area is 101 Å². The number of halogens is 1. The van der Waals surface area contributed by atoms with Crippen LogP contribution in [0.3, 0.4) is 0 Å². The molecule has 0 amide bonds. The van der Waals surface area contributed by atoms with Crippen molar-refractivity contribution in [1.82, 2.24) is 5.32 Å². The fourth-order valence-electron chi connectivity index (χ4n) is 1.85. The van der Waals surface area contributed by atoms with Crippen LogP contribution in [-0.2, 0) is 16.4 Å². The Hall–Kier alpha value is -0.580. The van der Waals surface area contributed by atoms with Gasteiger partial charge in [-0.3, -0.25) is 0 Å². The molecule has 1 atom stereocenters. The Kier molecular flexibility index (Phi) is 3.52. The largest absolute Gasteiger partial charge is 0.309 e. The lowest BCUT2D eigenvalue weighted by molar-refractivity contribution is 0.554. The van der Waals surface area contributed by atoms with Gasteiger partial charge in [0.25, 0.3) is 0 Å². The number of hydrogen-bond donors (Lipinski definition) is 1. The van der Waals surface area contributed by atoms with Crippen molar-refractivity contribution in [3.63, 3.8) is 0 Å². The molecule has 88 valence electrons. The number of sulfone groups is 1. The number of benzene rings is 1. The van der Waals surface area contributed by atoms with Crippen LogP contribution in [0.5, 0.6) is 0 Å². The van der Waals surface area contributed by atoms with Crippen LogP contribution in [0.25, 0.3) is 0 Å². The molecule has 1 fully saturated rings. The first-order valence-corrected chi connectivity index (χ1v) is 7.44. The summed E-state index contributed by atoms with van der Waals surface area (Å²) >= 11 is 6.01. The molecule has 1 aliphatic heterocycles. The first-order valence-electron chi connectivity index (χ1n) is 5.24. The van der Waals surface area contributed by atoms with Crippen molar-refractivity contribution < 1.29 is 8.42 Å². The topological polar surface area (TPSA) is 46.2 Å². The van der Waals surface area contributed by atoms with E-state index in [0.717, 1.165) is 10.6 Å². The van der Waals surface area contributed by atoms with Crippen LogP contribution in [0.1, 0.15) is 12.0 Å². The molecule has 0 radical (unpaired) electrons. The Balaban J connectivity index is 1.92. The van der Waals surface area contributed by atoms with E-state index in [1.54, 1.807) is 0 Å². The second-order valence-electron chi connectivity index (χ2n) is 4.07. The summed E-state index contributed by atoms with van der Waals surface area (Å²) in [6.45, 7) is 0.625. The molecule has 5 heteroatoms. The van der Waals surface area contributed by atoms with Gasteiger partial charge in [0.15, 0.2) is 9.84 Å². The lowest BCUT2D eigenvalue weighted by atomic mass is 10.2. The van der Waals surface area contributed by atoms with E-state index in [2.05, 4.69) is 5.32 Å². The van der Waals surface area contributed by atoms with Crippen molar-refractivity contribution in [3.05, 3.63) is 34.9 Å². The van der Waals surface area contributed by atoms with Crippen LogP contribution in [0.15, 0.2) is 24.3 Å². The second kappa shape index (κ2) is 4.73. The third-order valence-electron chi connectivity index (χ3n) is 2.77. The van der Waals surface area contributed by atoms with E-state index in [0.29, 0.717) is 18.7 Å². The minimum atomic E-state index is -2.81. The van der Waals surface area contributed by atoms with Gasteiger partial charge in [-0.2, -0.15) is 0 Å². The minimum Gasteiger partial charge on any atom is -0.309 e. The van der Waals surface area contributed by atoms with Crippen molar-refractivity contribution in [2.24, 2.45) is 0 Å². The molecule has 1 saturated heterocycles. The van der Waals surface area contributed by atoms with E-state index in [-0.39, 0.29) is 11.8 Å². The molecule has 0 saturated carbocycles. The number of rotatable bonds is 3. The van der Waals surface area contributed by atoms with Gasteiger partial charge >= 0.3 is 0 Å². The molecule has 0 bridgehead atoms. The molecule has 0 aliphatic carbocycles. The molecule has 0 aromatic heterocycles. The maximum atomic E-state index is 11.3. The van der Waals surface area contributed by atoms with Gasteiger partial charge in [0, 0.05) is 17.6 Å². The summed E-state index contributed by atoms with van der Waals surface area (Å²) < 4.78 is 22.5. The van der Waals surface area contributed by atoms with E-state index in [1.165, 1.54) is 0 Å². The van der Waals surface area contributed by atoms with Crippen LogP contribution in [0.4, 0.5) is 0 Å². The summed E-state index contributed by atoms with van der Waals surface area (Å²) in [6.07, 6.45) is 0.701. The quantitative estimate of drug-likeness (QED) is 0.897. The first kappa shape index (κ1) is 11.9. The van der Waals surface area contributed by atoms with Crippen LogP contribution in [0.2, 0.25) is 5.02 Å². The van der Waals surface area contributed by atoms with Crippen LogP contribution in [-0.4, -0.2) is 26.0 Å². The summed E-state index contributed by atoms with van der Waals surface area (Å²) in [5.74, 6) is 0.546. The summed E-state index contributed by atoms with van der Waals surface area (Å²) in [4.78, 5) is 0. The van der Waals surface area contributed by atoms with Crippen LogP contribution < -0.4 is 5.32 Å². The van der Waals surface area contributed by atoms with E-state index in [1.807, 2.05) is 24.3 Å². The summed E-state index contributed by atoms with van der Waals surface area (Å²) in [5.41, 5.74) is 1.01. The van der Waals surface area contributed by atoms with Gasteiger partial charge in [-0.15, -0.1) is 0 Å². The van der Waals surface area contributed by atoms with E-state index in [9.17, 15) is 8.42 Å². The van der Waals surface area contributed by atoms with Gasteiger partial charge < -0.3 is 5.32 Å². The molecule has 1 aromatic rings. The predicted molar refractivity (Wildman–Crippen MR) is 65.4 cm³/mol. The highest BCUT2D eigenvalue weighted by Gasteiger charge is 2.27. The third kappa shape index (κ3) is 2.97. The molecular formula is C11H14ClNO2S. The summed E-state index contributed by atoms with van der Waals surface area (Å²) in [5, 5.41) is 3.95. The smallest absolute Gasteiger partial charge is 0.151 e. The molecule has 0 spiro atoms. The van der Waals surface area contributed by atoms with Crippen molar-refractivity contribution >= 4 is 21.4 Å². The molecule has 1 aliphatic rings. The average molecular weight is 260 g/mol. The van der Waals surface area contributed by atoms with Gasteiger partial charge in [0.1, 0.15) is 0 Å². The second-order valence-corrected chi connectivity index (χ2v) is 6.71. The van der Waals surface area contributed by atoms with Gasteiger partial charge in [-0.25, -0.2) is 8.42 Å². The monoisotopic (exact) mass is 259 g/mol. The molecule has 16 heavy (non-hydrogen) atoms. The summed E-state index contributed by atoms with van der Waals surface area (Å²) in [7, 11) is -2.81. The Morgan fingerprint density at radius 1 is 1.38 bits per heavy atom. The van der Waals surface area contributed by atoms with Crippen molar-refractivity contribution in [3.8, 4) is 0 Å². The molecule has 1 N–H and O–H groups in total. The molecule has 0 unspecified atom stereocenters. The SMILES string of the molecule is O=S1(=O)CC[C@@H](NCc2ccccc2Cl)C1. The standard InChI is InChI=1S/C11H14ClNO2S/c12-11-4-2-1-3-9(11)7-13-10-5-6-16(14,15)8-10/h1-4,10,13H,5-8H2/t10-/m1/s1. The first-order chi connectivity index (χ1) is 7.57. The van der Waals surface area contributed by atoms with Gasteiger partial charge in [0.05, 0.1) is 11.5 Å². The van der Waals surface area contributed by atoms with Crippen LogP contribution in [0, 0.1) is 0 Å². The Morgan fingerprint density at radius 2 is 2.12 bits per heavy atom. The molecule has 2 rings (SSSR count). The Morgan fingerprint density at radius 3 is 2.75 bits per heavy atom. The number of nitrogens with one attached hydrogen (secondary N) is 1. The van der Waals surface area contributed by atoms with E-state index < -0.39 is 9.84 Å². The highest BCUT2D eigenvalue weighted by atomic mass is 35.5. The van der Waals surface area contributed by atoms with E-state index >= 15 is 0 Å². The lowest BCUT2D eigenvalue weighted by Gasteiger charge is -2.11. The van der Waals surface area contributed by atoms with Gasteiger partial charge in [-0.1, -0.05) is 29.8 Å². The zero-order chi connectivity index (χ0) is 11.6. The zero-order valence-corrected chi connectivity index (χ0v) is 10.4. The van der Waals surface area contributed by atoms with Crippen molar-refractivity contribution in [2.75, 3.05) is 11.5 Å². The molecule has 1 heterocycles. The van der Waals surface area contributed by atoms with Gasteiger partial charge in [-0.05, 0) is 18.1 Å².